The summed E-state index contributed by atoms with van der Waals surface area (Å²) in [6.45, 7) is 2.60. The summed E-state index contributed by atoms with van der Waals surface area (Å²) in [5.74, 6) is 1.29. The molecule has 4 rings (SSSR count). The summed E-state index contributed by atoms with van der Waals surface area (Å²) in [7, 11) is 1.87. The van der Waals surface area contributed by atoms with Crippen molar-refractivity contribution in [3.05, 3.63) is 35.1 Å². The largest absolute Gasteiger partial charge is 0.374 e. The molecule has 0 saturated carbocycles. The second-order valence-corrected chi connectivity index (χ2v) is 6.82. The highest BCUT2D eigenvalue weighted by atomic mass is 32.1. The van der Waals surface area contributed by atoms with E-state index in [4.69, 9.17) is 5.73 Å². The summed E-state index contributed by atoms with van der Waals surface area (Å²) in [6.07, 6.45) is 2.43. The van der Waals surface area contributed by atoms with Crippen LogP contribution in [0.5, 0.6) is 0 Å². The third kappa shape index (κ3) is 3.06. The van der Waals surface area contributed by atoms with E-state index < -0.39 is 0 Å². The van der Waals surface area contributed by atoms with Crippen molar-refractivity contribution in [1.29, 1.82) is 0 Å². The van der Waals surface area contributed by atoms with E-state index in [0.717, 1.165) is 27.6 Å². The average molecular weight is 367 g/mol. The summed E-state index contributed by atoms with van der Waals surface area (Å²) in [6, 6.07) is 5.67. The van der Waals surface area contributed by atoms with E-state index in [0.29, 0.717) is 29.6 Å². The fourth-order valence-corrected chi connectivity index (χ4v) is 3.34. The maximum absolute atomic E-state index is 5.63. The molecule has 0 aliphatic rings. The van der Waals surface area contributed by atoms with Crippen molar-refractivity contribution in [3.63, 3.8) is 0 Å². The van der Waals surface area contributed by atoms with Gasteiger partial charge >= 0.3 is 0 Å². The lowest BCUT2D eigenvalue weighted by atomic mass is 10.2. The molecule has 0 bridgehead atoms. The first kappa shape index (κ1) is 16.3. The predicted octanol–water partition coefficient (Wildman–Crippen LogP) is 1.82. The van der Waals surface area contributed by atoms with Gasteiger partial charge in [0.25, 0.3) is 0 Å². The maximum Gasteiger partial charge on any atom is 0.203 e. The van der Waals surface area contributed by atoms with Crippen LogP contribution in [-0.4, -0.2) is 41.5 Å². The first-order chi connectivity index (χ1) is 12.6. The number of rotatable bonds is 5. The lowest BCUT2D eigenvalue weighted by Crippen LogP contribution is -2.08. The van der Waals surface area contributed by atoms with Gasteiger partial charge < -0.3 is 11.1 Å². The average Bonchev–Trinajstić information content (AvgIpc) is 3.18. The molecule has 132 valence electrons. The summed E-state index contributed by atoms with van der Waals surface area (Å²) >= 11 is 1.39. The van der Waals surface area contributed by atoms with E-state index in [1.54, 1.807) is 10.9 Å². The molecule has 9 nitrogen and oxygen atoms in total. The molecular weight excluding hydrogens is 350 g/mol. The molecule has 4 heterocycles. The molecule has 0 aromatic carbocycles. The number of nitrogens with two attached hydrogens (primary N) is 1. The van der Waals surface area contributed by atoms with Gasteiger partial charge in [0.15, 0.2) is 11.5 Å². The van der Waals surface area contributed by atoms with Gasteiger partial charge in [-0.2, -0.15) is 5.10 Å². The molecule has 0 aliphatic heterocycles. The van der Waals surface area contributed by atoms with Crippen molar-refractivity contribution < 1.29 is 0 Å². The standard InChI is InChI=1S/C16H17N9S/c1-9-12-14(19-8-6-11-22-23-16(17)26-11)20-13(10-5-3-4-7-18-10)21-15(12)25(2)24-9/h3-5,7H,6,8H2,1-2H3,(H2,17,23)(H,19,20,21). The maximum atomic E-state index is 5.63. The smallest absolute Gasteiger partial charge is 0.203 e. The van der Waals surface area contributed by atoms with Crippen molar-refractivity contribution in [1.82, 2.24) is 34.9 Å². The monoisotopic (exact) mass is 367 g/mol. The van der Waals surface area contributed by atoms with Crippen molar-refractivity contribution in [2.24, 2.45) is 7.05 Å². The molecule has 10 heteroatoms. The molecule has 0 saturated heterocycles. The quantitative estimate of drug-likeness (QED) is 0.548. The molecule has 0 atom stereocenters. The SMILES string of the molecule is Cc1nn(C)c2nc(-c3ccccn3)nc(NCCc3nnc(N)s3)c12. The minimum Gasteiger partial charge on any atom is -0.374 e. The van der Waals surface area contributed by atoms with Crippen molar-refractivity contribution in [2.75, 3.05) is 17.6 Å². The molecule has 3 N–H and O–H groups in total. The number of pyridine rings is 1. The van der Waals surface area contributed by atoms with Crippen LogP contribution < -0.4 is 11.1 Å². The van der Waals surface area contributed by atoms with E-state index >= 15 is 0 Å². The number of hydrogen-bond donors (Lipinski definition) is 2. The Morgan fingerprint density at radius 1 is 1.23 bits per heavy atom. The number of fused-ring (bicyclic) bond motifs is 1. The fraction of sp³-hybridized carbons (Fsp3) is 0.250. The molecular formula is C16H17N9S. The van der Waals surface area contributed by atoms with Crippen LogP contribution in [-0.2, 0) is 13.5 Å². The highest BCUT2D eigenvalue weighted by Crippen LogP contribution is 2.26. The number of nitrogens with one attached hydrogen (secondary N) is 1. The third-order valence-corrected chi connectivity index (χ3v) is 4.68. The van der Waals surface area contributed by atoms with Gasteiger partial charge in [-0.15, -0.1) is 10.2 Å². The van der Waals surface area contributed by atoms with Crippen LogP contribution in [0.4, 0.5) is 10.9 Å². The molecule has 4 aromatic rings. The van der Waals surface area contributed by atoms with Crippen LogP contribution in [0.2, 0.25) is 0 Å². The highest BCUT2D eigenvalue weighted by Gasteiger charge is 2.16. The Balaban J connectivity index is 1.69. The molecule has 0 radical (unpaired) electrons. The van der Waals surface area contributed by atoms with Gasteiger partial charge in [0.05, 0.1) is 11.1 Å². The predicted molar refractivity (Wildman–Crippen MR) is 101 cm³/mol. The second kappa shape index (κ2) is 6.64. The number of nitrogen functional groups attached to an aromatic ring is 1. The highest BCUT2D eigenvalue weighted by molar-refractivity contribution is 7.15. The van der Waals surface area contributed by atoms with Gasteiger partial charge in [-0.25, -0.2) is 9.97 Å². The second-order valence-electron chi connectivity index (χ2n) is 5.73. The molecule has 4 aromatic heterocycles. The van der Waals surface area contributed by atoms with Crippen LogP contribution in [0.15, 0.2) is 24.4 Å². The number of hydrogen-bond acceptors (Lipinski definition) is 9. The molecule has 0 spiro atoms. The topological polar surface area (TPSA) is 120 Å². The van der Waals surface area contributed by atoms with E-state index in [1.165, 1.54) is 11.3 Å². The van der Waals surface area contributed by atoms with Crippen LogP contribution in [0, 0.1) is 6.92 Å². The van der Waals surface area contributed by atoms with Crippen LogP contribution in [0.1, 0.15) is 10.7 Å². The Kier molecular flexibility index (Phi) is 4.17. The number of nitrogens with zero attached hydrogens (tertiary/aromatic N) is 7. The Hall–Kier alpha value is -3.14. The molecule has 0 amide bonds. The Morgan fingerprint density at radius 3 is 2.85 bits per heavy atom. The number of anilines is 2. The Morgan fingerprint density at radius 2 is 2.12 bits per heavy atom. The minimum atomic E-state index is 0.477. The van der Waals surface area contributed by atoms with E-state index in [9.17, 15) is 0 Å². The minimum absolute atomic E-state index is 0.477. The molecule has 26 heavy (non-hydrogen) atoms. The van der Waals surface area contributed by atoms with E-state index in [1.807, 2.05) is 32.2 Å². The normalized spacial score (nSPS) is 11.2. The van der Waals surface area contributed by atoms with Gasteiger partial charge in [-0.05, 0) is 19.1 Å². The summed E-state index contributed by atoms with van der Waals surface area (Å²) in [5.41, 5.74) is 7.98. The lowest BCUT2D eigenvalue weighted by molar-refractivity contribution is 0.773. The summed E-state index contributed by atoms with van der Waals surface area (Å²) in [4.78, 5) is 13.7. The van der Waals surface area contributed by atoms with Gasteiger partial charge in [-0.3, -0.25) is 9.67 Å². The molecule has 0 fully saturated rings. The first-order valence-corrected chi connectivity index (χ1v) is 8.88. The third-order valence-electron chi connectivity index (χ3n) is 3.87. The van der Waals surface area contributed by atoms with Crippen molar-refractivity contribution >= 4 is 33.3 Å². The Bertz CT molecular complexity index is 1050. The van der Waals surface area contributed by atoms with Gasteiger partial charge in [0, 0.05) is 26.2 Å². The fourth-order valence-electron chi connectivity index (χ4n) is 2.73. The first-order valence-electron chi connectivity index (χ1n) is 8.06. The van der Waals surface area contributed by atoms with Gasteiger partial charge in [-0.1, -0.05) is 17.4 Å². The zero-order valence-corrected chi connectivity index (χ0v) is 15.2. The molecule has 0 aliphatic carbocycles. The van der Waals surface area contributed by atoms with Gasteiger partial charge in [0.2, 0.25) is 5.13 Å². The summed E-state index contributed by atoms with van der Waals surface area (Å²) < 4.78 is 1.76. The zero-order chi connectivity index (χ0) is 18.1. The van der Waals surface area contributed by atoms with Crippen LogP contribution in [0.25, 0.3) is 22.6 Å². The van der Waals surface area contributed by atoms with E-state index in [-0.39, 0.29) is 0 Å². The van der Waals surface area contributed by atoms with Gasteiger partial charge in [0.1, 0.15) is 16.5 Å². The van der Waals surface area contributed by atoms with Crippen LogP contribution in [0.3, 0.4) is 0 Å². The zero-order valence-electron chi connectivity index (χ0n) is 14.3. The van der Waals surface area contributed by atoms with Crippen molar-refractivity contribution in [2.45, 2.75) is 13.3 Å². The Labute approximate surface area is 153 Å². The van der Waals surface area contributed by atoms with Crippen LogP contribution >= 0.6 is 11.3 Å². The molecule has 0 unspecified atom stereocenters. The van der Waals surface area contributed by atoms with Crippen molar-refractivity contribution in [3.8, 4) is 11.5 Å². The number of aromatic nitrogens is 7. The van der Waals surface area contributed by atoms with E-state index in [2.05, 4.69) is 35.6 Å². The lowest BCUT2D eigenvalue weighted by Gasteiger charge is -2.08. The summed E-state index contributed by atoms with van der Waals surface area (Å²) in [5, 5.41) is 18.0. The number of aryl methyl sites for hydroxylation is 2.